The predicted molar refractivity (Wildman–Crippen MR) is 54.6 cm³/mol. The second kappa shape index (κ2) is 4.91. The van der Waals surface area contributed by atoms with E-state index in [0.717, 1.165) is 0 Å². The van der Waals surface area contributed by atoms with Crippen molar-refractivity contribution in [1.82, 2.24) is 9.34 Å². The maximum absolute atomic E-state index is 12.2. The molecule has 2 aliphatic heterocycles. The summed E-state index contributed by atoms with van der Waals surface area (Å²) in [5.74, 6) is 0. The van der Waals surface area contributed by atoms with Crippen molar-refractivity contribution in [1.29, 1.82) is 0 Å². The van der Waals surface area contributed by atoms with Crippen LogP contribution in [-0.2, 0) is 14.0 Å². The smallest absolute Gasteiger partial charge is 0.343 e. The highest BCUT2D eigenvalue weighted by Gasteiger charge is 2.36. The minimum absolute atomic E-state index is 0.533. The Labute approximate surface area is 89.3 Å². The summed E-state index contributed by atoms with van der Waals surface area (Å²) in [6, 6.07) is 0. The summed E-state index contributed by atoms with van der Waals surface area (Å²) in [6.07, 6.45) is 0. The van der Waals surface area contributed by atoms with E-state index in [1.165, 1.54) is 0 Å². The van der Waals surface area contributed by atoms with Gasteiger partial charge in [-0.15, -0.1) is 0 Å². The van der Waals surface area contributed by atoms with E-state index in [1.54, 1.807) is 9.34 Å². The van der Waals surface area contributed by atoms with Gasteiger partial charge in [0.1, 0.15) is 0 Å². The SMILES string of the molecule is O=P(O)(N1CCOCC1)N1CCOCC1. The van der Waals surface area contributed by atoms with Crippen molar-refractivity contribution in [3.05, 3.63) is 0 Å². The first-order valence-electron chi connectivity index (χ1n) is 5.20. The van der Waals surface area contributed by atoms with Crippen LogP contribution in [0.5, 0.6) is 0 Å². The Morgan fingerprint density at radius 3 is 1.53 bits per heavy atom. The van der Waals surface area contributed by atoms with Crippen molar-refractivity contribution < 1.29 is 18.9 Å². The van der Waals surface area contributed by atoms with Crippen LogP contribution in [0.15, 0.2) is 0 Å². The molecule has 88 valence electrons. The zero-order chi connectivity index (χ0) is 10.7. The van der Waals surface area contributed by atoms with E-state index in [0.29, 0.717) is 52.6 Å². The third-order valence-electron chi connectivity index (χ3n) is 2.71. The number of nitrogens with zero attached hydrogens (tertiary/aromatic N) is 2. The van der Waals surface area contributed by atoms with Gasteiger partial charge in [0.15, 0.2) is 0 Å². The molecule has 0 amide bonds. The fourth-order valence-corrected chi connectivity index (χ4v) is 3.53. The number of hydrogen-bond donors (Lipinski definition) is 1. The van der Waals surface area contributed by atoms with Gasteiger partial charge in [-0.05, 0) is 0 Å². The number of ether oxygens (including phenoxy) is 2. The molecule has 2 fully saturated rings. The van der Waals surface area contributed by atoms with Crippen LogP contribution < -0.4 is 0 Å². The summed E-state index contributed by atoms with van der Waals surface area (Å²) in [6.45, 7) is 4.28. The van der Waals surface area contributed by atoms with Crippen LogP contribution in [0.2, 0.25) is 0 Å². The first-order chi connectivity index (χ1) is 7.21. The summed E-state index contributed by atoms with van der Waals surface area (Å²) >= 11 is 0. The highest BCUT2D eigenvalue weighted by molar-refractivity contribution is 7.52. The second-order valence-electron chi connectivity index (χ2n) is 3.65. The number of hydrogen-bond acceptors (Lipinski definition) is 3. The Bertz CT molecular complexity index is 229. The Hall–Kier alpha value is 0.0300. The molecule has 2 saturated heterocycles. The molecule has 0 aliphatic carbocycles. The van der Waals surface area contributed by atoms with Gasteiger partial charge in [-0.25, -0.2) is 9.34 Å². The van der Waals surface area contributed by atoms with Crippen molar-refractivity contribution in [3.8, 4) is 0 Å². The molecule has 2 aliphatic rings. The molecule has 0 spiro atoms. The van der Waals surface area contributed by atoms with Gasteiger partial charge in [-0.2, -0.15) is 0 Å². The van der Waals surface area contributed by atoms with Crippen LogP contribution in [0, 0.1) is 0 Å². The molecule has 2 heterocycles. The molecule has 0 atom stereocenters. The maximum Gasteiger partial charge on any atom is 0.343 e. The van der Waals surface area contributed by atoms with Crippen molar-refractivity contribution >= 4 is 7.67 Å². The Morgan fingerprint density at radius 1 is 0.867 bits per heavy atom. The Morgan fingerprint density at radius 2 is 1.20 bits per heavy atom. The molecule has 6 nitrogen and oxygen atoms in total. The molecule has 0 aromatic rings. The molecule has 0 radical (unpaired) electrons. The van der Waals surface area contributed by atoms with Crippen LogP contribution in [0.25, 0.3) is 0 Å². The Balaban J connectivity index is 1.99. The van der Waals surface area contributed by atoms with Gasteiger partial charge in [-0.3, -0.25) is 4.57 Å². The van der Waals surface area contributed by atoms with E-state index < -0.39 is 7.67 Å². The highest BCUT2D eigenvalue weighted by atomic mass is 31.2. The summed E-state index contributed by atoms with van der Waals surface area (Å²) in [4.78, 5) is 10.1. The summed E-state index contributed by atoms with van der Waals surface area (Å²) < 4.78 is 25.8. The molecule has 1 N–H and O–H groups in total. The van der Waals surface area contributed by atoms with E-state index in [4.69, 9.17) is 9.47 Å². The van der Waals surface area contributed by atoms with E-state index >= 15 is 0 Å². The van der Waals surface area contributed by atoms with Gasteiger partial charge in [0, 0.05) is 26.2 Å². The Kier molecular flexibility index (Phi) is 3.77. The molecule has 0 saturated carbocycles. The molecular formula is C8H17N2O4P. The van der Waals surface area contributed by atoms with E-state index in [-0.39, 0.29) is 0 Å². The minimum Gasteiger partial charge on any atom is -0.379 e. The molecule has 0 aromatic heterocycles. The minimum atomic E-state index is -3.34. The normalized spacial score (nSPS) is 26.7. The number of morpholine rings is 2. The lowest BCUT2D eigenvalue weighted by Crippen LogP contribution is -2.42. The van der Waals surface area contributed by atoms with Gasteiger partial charge in [0.2, 0.25) is 0 Å². The van der Waals surface area contributed by atoms with Crippen LogP contribution in [0.4, 0.5) is 0 Å². The first-order valence-corrected chi connectivity index (χ1v) is 6.77. The van der Waals surface area contributed by atoms with Crippen molar-refractivity contribution in [2.24, 2.45) is 0 Å². The van der Waals surface area contributed by atoms with Gasteiger partial charge >= 0.3 is 7.67 Å². The molecule has 7 heteroatoms. The van der Waals surface area contributed by atoms with Crippen molar-refractivity contribution in [3.63, 3.8) is 0 Å². The molecule has 15 heavy (non-hydrogen) atoms. The number of rotatable bonds is 2. The average molecular weight is 236 g/mol. The lowest BCUT2D eigenvalue weighted by molar-refractivity contribution is 0.0434. The molecule has 0 bridgehead atoms. The fourth-order valence-electron chi connectivity index (χ4n) is 1.81. The summed E-state index contributed by atoms with van der Waals surface area (Å²) in [5, 5.41) is 0. The monoisotopic (exact) mass is 236 g/mol. The highest BCUT2D eigenvalue weighted by Crippen LogP contribution is 2.49. The average Bonchev–Trinajstić information content (AvgIpc) is 2.31. The van der Waals surface area contributed by atoms with Gasteiger partial charge in [0.05, 0.1) is 26.4 Å². The fraction of sp³-hybridized carbons (Fsp3) is 1.00. The standard InChI is InChI=1S/C8H17N2O4P/c11-15(12,9-1-5-13-6-2-9)10-3-7-14-8-4-10/h1-8H2,(H,11,12). The quantitative estimate of drug-likeness (QED) is 0.667. The lowest BCUT2D eigenvalue weighted by atomic mass is 10.5. The van der Waals surface area contributed by atoms with Crippen LogP contribution >= 0.6 is 7.67 Å². The first kappa shape index (κ1) is 11.5. The topological polar surface area (TPSA) is 62.2 Å². The summed E-state index contributed by atoms with van der Waals surface area (Å²) in [5.41, 5.74) is 0. The van der Waals surface area contributed by atoms with E-state index in [1.807, 2.05) is 0 Å². The summed E-state index contributed by atoms with van der Waals surface area (Å²) in [7, 11) is -3.34. The van der Waals surface area contributed by atoms with Gasteiger partial charge in [0.25, 0.3) is 0 Å². The molecule has 2 rings (SSSR count). The van der Waals surface area contributed by atoms with E-state index in [9.17, 15) is 9.46 Å². The van der Waals surface area contributed by atoms with E-state index in [2.05, 4.69) is 0 Å². The zero-order valence-electron chi connectivity index (χ0n) is 8.67. The van der Waals surface area contributed by atoms with Gasteiger partial charge < -0.3 is 14.4 Å². The third-order valence-corrected chi connectivity index (χ3v) is 4.99. The third kappa shape index (κ3) is 2.58. The molecular weight excluding hydrogens is 219 g/mol. The van der Waals surface area contributed by atoms with Crippen molar-refractivity contribution in [2.45, 2.75) is 0 Å². The molecule has 0 unspecified atom stereocenters. The maximum atomic E-state index is 12.2. The van der Waals surface area contributed by atoms with Crippen LogP contribution in [-0.4, -0.2) is 66.8 Å². The van der Waals surface area contributed by atoms with Crippen LogP contribution in [0.1, 0.15) is 0 Å². The largest absolute Gasteiger partial charge is 0.379 e. The van der Waals surface area contributed by atoms with Crippen LogP contribution in [0.3, 0.4) is 0 Å². The molecule has 0 aromatic carbocycles. The van der Waals surface area contributed by atoms with Crippen molar-refractivity contribution in [2.75, 3.05) is 52.6 Å². The zero-order valence-corrected chi connectivity index (χ0v) is 9.56. The predicted octanol–water partition coefficient (Wildman–Crippen LogP) is -0.249. The van der Waals surface area contributed by atoms with Gasteiger partial charge in [-0.1, -0.05) is 0 Å². The second-order valence-corrected chi connectivity index (χ2v) is 5.80. The lowest BCUT2D eigenvalue weighted by Gasteiger charge is -2.38.